The van der Waals surface area contributed by atoms with Crippen LogP contribution in [0.1, 0.15) is 21.1 Å². The van der Waals surface area contributed by atoms with Gasteiger partial charge >= 0.3 is 6.18 Å². The van der Waals surface area contributed by atoms with Gasteiger partial charge < -0.3 is 10.1 Å². The number of ether oxygens (including phenoxy) is 1. The molecular formula is C18H14F3N3O2S. The second-order valence-corrected chi connectivity index (χ2v) is 6.40. The summed E-state index contributed by atoms with van der Waals surface area (Å²) in [5.41, 5.74) is -0.292. The number of nitrogens with one attached hydrogen (secondary N) is 1. The summed E-state index contributed by atoms with van der Waals surface area (Å²) in [5, 5.41) is 2.52. The molecule has 0 radical (unpaired) electrons. The monoisotopic (exact) mass is 393 g/mol. The van der Waals surface area contributed by atoms with Gasteiger partial charge in [-0.2, -0.15) is 13.2 Å². The van der Waals surface area contributed by atoms with Crippen LogP contribution < -0.4 is 10.1 Å². The molecule has 0 fully saturated rings. The number of amides is 1. The van der Waals surface area contributed by atoms with Crippen LogP contribution in [0.25, 0.3) is 10.6 Å². The molecule has 3 rings (SSSR count). The van der Waals surface area contributed by atoms with Crippen molar-refractivity contribution in [2.75, 3.05) is 7.11 Å². The molecule has 2 aromatic heterocycles. The number of para-hydroxylation sites is 1. The summed E-state index contributed by atoms with van der Waals surface area (Å²) in [5.74, 6) is -0.480. The molecule has 140 valence electrons. The number of thiazole rings is 1. The number of halogens is 3. The third-order valence-corrected chi connectivity index (χ3v) is 4.68. The highest BCUT2D eigenvalue weighted by atomic mass is 32.1. The maximum atomic E-state index is 13.4. The van der Waals surface area contributed by atoms with Crippen LogP contribution in [0.5, 0.6) is 5.75 Å². The average molecular weight is 393 g/mol. The fourth-order valence-corrected chi connectivity index (χ4v) is 3.39. The molecule has 1 N–H and O–H groups in total. The van der Waals surface area contributed by atoms with Crippen LogP contribution >= 0.6 is 11.3 Å². The maximum absolute atomic E-state index is 13.4. The minimum atomic E-state index is -4.76. The van der Waals surface area contributed by atoms with Crippen molar-refractivity contribution in [3.05, 3.63) is 64.9 Å². The second-order valence-electron chi connectivity index (χ2n) is 5.40. The molecule has 1 amide bonds. The third-order valence-electron chi connectivity index (χ3n) is 3.60. The number of alkyl halides is 3. The molecule has 0 unspecified atom stereocenters. The van der Waals surface area contributed by atoms with E-state index in [2.05, 4.69) is 15.3 Å². The van der Waals surface area contributed by atoms with Crippen molar-refractivity contribution in [1.82, 2.24) is 15.3 Å². The first-order valence-corrected chi connectivity index (χ1v) is 8.61. The molecule has 0 aliphatic carbocycles. The molecule has 5 nitrogen and oxygen atoms in total. The van der Waals surface area contributed by atoms with E-state index in [0.717, 1.165) is 0 Å². The molecule has 0 atom stereocenters. The van der Waals surface area contributed by atoms with E-state index in [1.54, 1.807) is 42.5 Å². The summed E-state index contributed by atoms with van der Waals surface area (Å²) in [6, 6.07) is 11.7. The molecule has 9 heteroatoms. The minimum absolute atomic E-state index is 0.0128. The van der Waals surface area contributed by atoms with Crippen molar-refractivity contribution in [3.8, 4) is 16.3 Å². The number of aromatic nitrogens is 2. The van der Waals surface area contributed by atoms with Crippen LogP contribution in [0.3, 0.4) is 0 Å². The van der Waals surface area contributed by atoms with Gasteiger partial charge in [0, 0.05) is 6.20 Å². The number of nitrogens with zero attached hydrogens (tertiary/aromatic N) is 2. The van der Waals surface area contributed by atoms with Crippen LogP contribution in [-0.4, -0.2) is 23.0 Å². The van der Waals surface area contributed by atoms with Crippen molar-refractivity contribution < 1.29 is 22.7 Å². The average Bonchev–Trinajstić information content (AvgIpc) is 3.13. The Hall–Kier alpha value is -2.94. The van der Waals surface area contributed by atoms with Crippen LogP contribution in [0, 0.1) is 0 Å². The predicted octanol–water partition coefficient (Wildman–Crippen LogP) is 4.16. The van der Waals surface area contributed by atoms with Crippen molar-refractivity contribution in [1.29, 1.82) is 0 Å². The number of pyridine rings is 1. The Kier molecular flexibility index (Phi) is 5.41. The van der Waals surface area contributed by atoms with Crippen molar-refractivity contribution in [2.24, 2.45) is 0 Å². The van der Waals surface area contributed by atoms with Crippen LogP contribution in [0.4, 0.5) is 13.2 Å². The summed E-state index contributed by atoms with van der Waals surface area (Å²) >= 11 is 0.669. The fourth-order valence-electron chi connectivity index (χ4n) is 2.36. The topological polar surface area (TPSA) is 64.1 Å². The maximum Gasteiger partial charge on any atom is 0.435 e. The van der Waals surface area contributed by atoms with Crippen LogP contribution in [0.2, 0.25) is 0 Å². The number of benzene rings is 1. The Labute approximate surface area is 156 Å². The van der Waals surface area contributed by atoms with Gasteiger partial charge in [0.05, 0.1) is 24.9 Å². The van der Waals surface area contributed by atoms with E-state index >= 15 is 0 Å². The lowest BCUT2D eigenvalue weighted by Gasteiger charge is -2.07. The summed E-state index contributed by atoms with van der Waals surface area (Å²) < 4.78 is 45.4. The van der Waals surface area contributed by atoms with Gasteiger partial charge in [0.2, 0.25) is 0 Å². The Morgan fingerprint density at radius 3 is 2.59 bits per heavy atom. The Morgan fingerprint density at radius 2 is 1.93 bits per heavy atom. The molecule has 0 bridgehead atoms. The molecule has 0 aliphatic heterocycles. The molecule has 0 aliphatic rings. The molecule has 3 aromatic rings. The largest absolute Gasteiger partial charge is 0.496 e. The normalized spacial score (nSPS) is 11.3. The van der Waals surface area contributed by atoms with Crippen LogP contribution in [0.15, 0.2) is 48.7 Å². The van der Waals surface area contributed by atoms with E-state index in [9.17, 15) is 18.0 Å². The Morgan fingerprint density at radius 1 is 1.19 bits per heavy atom. The highest BCUT2D eigenvalue weighted by Gasteiger charge is 2.40. The zero-order valence-electron chi connectivity index (χ0n) is 14.1. The SMILES string of the molecule is COc1ccccc1-c1nc(C(F)(F)F)c(C(=O)NCc2ccccn2)s1. The molecule has 0 saturated carbocycles. The molecule has 2 heterocycles. The van der Waals surface area contributed by atoms with E-state index in [0.29, 0.717) is 28.3 Å². The number of hydrogen-bond acceptors (Lipinski definition) is 5. The lowest BCUT2D eigenvalue weighted by molar-refractivity contribution is -0.141. The standard InChI is InChI=1S/C18H14F3N3O2S/c1-26-13-8-3-2-7-12(13)17-24-15(18(19,20)21)14(27-17)16(25)23-10-11-6-4-5-9-22-11/h2-9H,10H2,1H3,(H,23,25). The second kappa shape index (κ2) is 7.75. The van der Waals surface area contributed by atoms with Crippen molar-refractivity contribution >= 4 is 17.2 Å². The van der Waals surface area contributed by atoms with E-state index < -0.39 is 22.7 Å². The molecule has 0 spiro atoms. The van der Waals surface area contributed by atoms with Gasteiger partial charge in [-0.05, 0) is 24.3 Å². The highest BCUT2D eigenvalue weighted by Crippen LogP contribution is 2.40. The quantitative estimate of drug-likeness (QED) is 0.707. The van der Waals surface area contributed by atoms with Gasteiger partial charge in [0.15, 0.2) is 5.69 Å². The van der Waals surface area contributed by atoms with Gasteiger partial charge in [-0.1, -0.05) is 18.2 Å². The first-order chi connectivity index (χ1) is 12.9. The lowest BCUT2D eigenvalue weighted by Crippen LogP contribution is -2.25. The molecular weight excluding hydrogens is 379 g/mol. The van der Waals surface area contributed by atoms with E-state index in [1.807, 2.05) is 0 Å². The lowest BCUT2D eigenvalue weighted by atomic mass is 10.2. The Balaban J connectivity index is 1.94. The smallest absolute Gasteiger partial charge is 0.435 e. The molecule has 0 saturated heterocycles. The third kappa shape index (κ3) is 4.25. The van der Waals surface area contributed by atoms with Crippen molar-refractivity contribution in [3.63, 3.8) is 0 Å². The minimum Gasteiger partial charge on any atom is -0.496 e. The zero-order chi connectivity index (χ0) is 19.4. The zero-order valence-corrected chi connectivity index (χ0v) is 14.9. The van der Waals surface area contributed by atoms with Crippen LogP contribution in [-0.2, 0) is 12.7 Å². The molecule has 27 heavy (non-hydrogen) atoms. The van der Waals surface area contributed by atoms with Gasteiger partial charge in [-0.15, -0.1) is 11.3 Å². The van der Waals surface area contributed by atoms with E-state index in [4.69, 9.17) is 4.74 Å². The predicted molar refractivity (Wildman–Crippen MR) is 94.5 cm³/mol. The van der Waals surface area contributed by atoms with Gasteiger partial charge in [0.1, 0.15) is 15.6 Å². The highest BCUT2D eigenvalue weighted by molar-refractivity contribution is 7.17. The van der Waals surface area contributed by atoms with Crippen molar-refractivity contribution in [2.45, 2.75) is 12.7 Å². The summed E-state index contributed by atoms with van der Waals surface area (Å²) in [4.78, 5) is 19.6. The summed E-state index contributed by atoms with van der Waals surface area (Å²) in [7, 11) is 1.41. The van der Waals surface area contributed by atoms with Gasteiger partial charge in [-0.25, -0.2) is 4.98 Å². The van der Waals surface area contributed by atoms with E-state index in [-0.39, 0.29) is 11.6 Å². The van der Waals surface area contributed by atoms with Gasteiger partial charge in [-0.3, -0.25) is 9.78 Å². The number of hydrogen-bond donors (Lipinski definition) is 1. The van der Waals surface area contributed by atoms with E-state index in [1.165, 1.54) is 13.3 Å². The number of carbonyl (C=O) groups excluding carboxylic acids is 1. The first-order valence-electron chi connectivity index (χ1n) is 7.79. The Bertz CT molecular complexity index is 943. The fraction of sp³-hybridized carbons (Fsp3) is 0.167. The summed E-state index contributed by atoms with van der Waals surface area (Å²) in [6.45, 7) is 0.0128. The van der Waals surface area contributed by atoms with Gasteiger partial charge in [0.25, 0.3) is 5.91 Å². The number of carbonyl (C=O) groups is 1. The number of rotatable bonds is 5. The number of methoxy groups -OCH3 is 1. The summed E-state index contributed by atoms with van der Waals surface area (Å²) in [6.07, 6.45) is -3.22. The molecule has 1 aromatic carbocycles. The first kappa shape index (κ1) is 18.8.